The zero-order valence-corrected chi connectivity index (χ0v) is 14.8. The molecule has 0 fully saturated rings. The van der Waals surface area contributed by atoms with Crippen molar-refractivity contribution in [1.29, 1.82) is 0 Å². The highest BCUT2D eigenvalue weighted by molar-refractivity contribution is 5.83. The topological polar surface area (TPSA) is 97.1 Å². The summed E-state index contributed by atoms with van der Waals surface area (Å²) in [5.74, 6) is 1.60. The highest BCUT2D eigenvalue weighted by atomic mass is 16.1. The molecule has 0 saturated carbocycles. The average Bonchev–Trinajstić information content (AvgIpc) is 3.16. The lowest BCUT2D eigenvalue weighted by Gasteiger charge is -2.05. The maximum Gasteiger partial charge on any atom is 0.167 e. The van der Waals surface area contributed by atoms with Crippen LogP contribution >= 0.6 is 0 Å². The largest absolute Gasteiger partial charge is 0.373 e. The zero-order chi connectivity index (χ0) is 18.9. The van der Waals surface area contributed by atoms with Crippen LogP contribution in [0.3, 0.4) is 0 Å². The molecule has 2 N–H and O–H groups in total. The SMILES string of the molecule is CNc1ccccn1.O=Cc1cnn2ccc(NCc3cccnc3)nc12. The van der Waals surface area contributed by atoms with Gasteiger partial charge in [-0.15, -0.1) is 0 Å². The number of pyridine rings is 2. The second-order valence-corrected chi connectivity index (χ2v) is 5.48. The Morgan fingerprint density at radius 1 is 1.07 bits per heavy atom. The number of nitrogens with zero attached hydrogens (tertiary/aromatic N) is 5. The first-order chi connectivity index (χ1) is 13.3. The molecule has 0 aromatic carbocycles. The van der Waals surface area contributed by atoms with Crippen molar-refractivity contribution in [3.05, 3.63) is 78.5 Å². The van der Waals surface area contributed by atoms with E-state index in [1.807, 2.05) is 43.4 Å². The van der Waals surface area contributed by atoms with Gasteiger partial charge in [0.25, 0.3) is 0 Å². The molecule has 0 spiro atoms. The van der Waals surface area contributed by atoms with Crippen LogP contribution < -0.4 is 10.6 Å². The maximum atomic E-state index is 10.9. The van der Waals surface area contributed by atoms with Gasteiger partial charge in [-0.3, -0.25) is 9.78 Å². The van der Waals surface area contributed by atoms with E-state index in [0.29, 0.717) is 23.6 Å². The maximum absolute atomic E-state index is 10.9. The highest BCUT2D eigenvalue weighted by Gasteiger charge is 2.05. The molecule has 0 unspecified atom stereocenters. The molecule has 8 nitrogen and oxygen atoms in total. The summed E-state index contributed by atoms with van der Waals surface area (Å²) >= 11 is 0. The fourth-order valence-corrected chi connectivity index (χ4v) is 2.27. The van der Waals surface area contributed by atoms with Gasteiger partial charge >= 0.3 is 0 Å². The molecule has 8 heteroatoms. The summed E-state index contributed by atoms with van der Waals surface area (Å²) in [5.41, 5.74) is 2.09. The van der Waals surface area contributed by atoms with E-state index in [4.69, 9.17) is 0 Å². The fourth-order valence-electron chi connectivity index (χ4n) is 2.27. The van der Waals surface area contributed by atoms with E-state index in [1.165, 1.54) is 6.20 Å². The standard InChI is InChI=1S/C13H11N5O.C6H8N2/c19-9-11-8-16-18-5-3-12(17-13(11)18)15-7-10-2-1-4-14-6-10;1-7-6-4-2-3-5-8-6/h1-6,8-9H,7H2,(H,15,17);2-5H,1H3,(H,7,8). The number of aldehydes is 1. The van der Waals surface area contributed by atoms with Gasteiger partial charge in [-0.1, -0.05) is 12.1 Å². The molecule has 4 aromatic rings. The lowest BCUT2D eigenvalue weighted by Crippen LogP contribution is -2.03. The first-order valence-corrected chi connectivity index (χ1v) is 8.31. The normalized spacial score (nSPS) is 9.96. The summed E-state index contributed by atoms with van der Waals surface area (Å²) in [6, 6.07) is 11.4. The van der Waals surface area contributed by atoms with Crippen molar-refractivity contribution in [1.82, 2.24) is 24.6 Å². The van der Waals surface area contributed by atoms with Crippen molar-refractivity contribution in [3.8, 4) is 0 Å². The van der Waals surface area contributed by atoms with Crippen molar-refractivity contribution in [2.45, 2.75) is 6.54 Å². The number of fused-ring (bicyclic) bond motifs is 1. The molecule has 0 aliphatic carbocycles. The molecule has 0 saturated heterocycles. The molecule has 0 aliphatic heterocycles. The van der Waals surface area contributed by atoms with E-state index in [-0.39, 0.29) is 0 Å². The minimum Gasteiger partial charge on any atom is -0.373 e. The van der Waals surface area contributed by atoms with Crippen molar-refractivity contribution in [3.63, 3.8) is 0 Å². The van der Waals surface area contributed by atoms with Gasteiger partial charge in [0.05, 0.1) is 11.8 Å². The first kappa shape index (κ1) is 18.0. The molecule has 27 heavy (non-hydrogen) atoms. The van der Waals surface area contributed by atoms with Crippen molar-refractivity contribution < 1.29 is 4.79 Å². The highest BCUT2D eigenvalue weighted by Crippen LogP contribution is 2.10. The van der Waals surface area contributed by atoms with Crippen LogP contribution in [-0.4, -0.2) is 37.9 Å². The van der Waals surface area contributed by atoms with Crippen molar-refractivity contribution in [2.75, 3.05) is 17.7 Å². The molecule has 0 amide bonds. The minimum atomic E-state index is 0.477. The van der Waals surface area contributed by atoms with Gasteiger partial charge in [0.15, 0.2) is 11.9 Å². The fraction of sp³-hybridized carbons (Fsp3) is 0.105. The Hall–Kier alpha value is -3.81. The molecule has 4 rings (SSSR count). The number of rotatable bonds is 5. The van der Waals surface area contributed by atoms with E-state index in [9.17, 15) is 4.79 Å². The summed E-state index contributed by atoms with van der Waals surface area (Å²) in [5, 5.41) is 10.1. The Balaban J connectivity index is 0.000000221. The Morgan fingerprint density at radius 2 is 2.00 bits per heavy atom. The molecule has 0 radical (unpaired) electrons. The Kier molecular flexibility index (Phi) is 6.03. The van der Waals surface area contributed by atoms with Crippen LogP contribution in [0.4, 0.5) is 11.6 Å². The number of hydrogen-bond donors (Lipinski definition) is 2. The monoisotopic (exact) mass is 361 g/mol. The zero-order valence-electron chi connectivity index (χ0n) is 14.8. The van der Waals surface area contributed by atoms with Crippen LogP contribution in [0.25, 0.3) is 5.65 Å². The quantitative estimate of drug-likeness (QED) is 0.527. The second-order valence-electron chi connectivity index (χ2n) is 5.48. The summed E-state index contributed by atoms with van der Waals surface area (Å²) in [4.78, 5) is 23.2. The smallest absolute Gasteiger partial charge is 0.167 e. The Morgan fingerprint density at radius 3 is 2.67 bits per heavy atom. The van der Waals surface area contributed by atoms with Gasteiger partial charge < -0.3 is 10.6 Å². The van der Waals surface area contributed by atoms with E-state index < -0.39 is 0 Å². The Bertz CT molecular complexity index is 987. The molecule has 4 heterocycles. The molecular formula is C19H19N7O. The van der Waals surface area contributed by atoms with Crippen LogP contribution in [0.5, 0.6) is 0 Å². The molecular weight excluding hydrogens is 342 g/mol. The van der Waals surface area contributed by atoms with Gasteiger partial charge in [0.1, 0.15) is 11.6 Å². The van der Waals surface area contributed by atoms with Crippen LogP contribution in [0.2, 0.25) is 0 Å². The van der Waals surface area contributed by atoms with Crippen LogP contribution in [0.15, 0.2) is 67.4 Å². The molecule has 4 aromatic heterocycles. The van der Waals surface area contributed by atoms with E-state index in [0.717, 1.165) is 17.7 Å². The van der Waals surface area contributed by atoms with E-state index in [1.54, 1.807) is 29.3 Å². The second kappa shape index (κ2) is 9.04. The van der Waals surface area contributed by atoms with Gasteiger partial charge in [0.2, 0.25) is 0 Å². The summed E-state index contributed by atoms with van der Waals surface area (Å²) in [6.45, 7) is 0.627. The number of anilines is 2. The third kappa shape index (κ3) is 4.85. The Labute approximate surface area is 156 Å². The number of aromatic nitrogens is 5. The predicted octanol–water partition coefficient (Wildman–Crippen LogP) is 2.67. The minimum absolute atomic E-state index is 0.477. The lowest BCUT2D eigenvalue weighted by atomic mass is 10.3. The van der Waals surface area contributed by atoms with Crippen molar-refractivity contribution in [2.24, 2.45) is 0 Å². The number of hydrogen-bond acceptors (Lipinski definition) is 7. The van der Waals surface area contributed by atoms with Crippen LogP contribution in [-0.2, 0) is 6.54 Å². The van der Waals surface area contributed by atoms with Gasteiger partial charge in [-0.2, -0.15) is 5.10 Å². The van der Waals surface area contributed by atoms with Crippen LogP contribution in [0.1, 0.15) is 15.9 Å². The molecule has 0 atom stereocenters. The van der Waals surface area contributed by atoms with Gasteiger partial charge in [-0.25, -0.2) is 14.5 Å². The van der Waals surface area contributed by atoms with Gasteiger partial charge in [-0.05, 0) is 29.8 Å². The molecule has 0 aliphatic rings. The van der Waals surface area contributed by atoms with E-state index >= 15 is 0 Å². The van der Waals surface area contributed by atoms with Gasteiger partial charge in [0, 0.05) is 38.4 Å². The van der Waals surface area contributed by atoms with Crippen LogP contribution in [0, 0.1) is 0 Å². The summed E-state index contributed by atoms with van der Waals surface area (Å²) in [6.07, 6.45) is 9.30. The predicted molar refractivity (Wildman–Crippen MR) is 104 cm³/mol. The number of carbonyl (C=O) groups is 1. The van der Waals surface area contributed by atoms with E-state index in [2.05, 4.69) is 30.7 Å². The molecule has 136 valence electrons. The molecule has 0 bridgehead atoms. The summed E-state index contributed by atoms with van der Waals surface area (Å²) < 4.78 is 1.57. The third-order valence-corrected chi connectivity index (χ3v) is 3.64. The average molecular weight is 361 g/mol. The lowest BCUT2D eigenvalue weighted by molar-refractivity contribution is 0.112. The number of carbonyl (C=O) groups excluding carboxylic acids is 1. The summed E-state index contributed by atoms with van der Waals surface area (Å²) in [7, 11) is 1.85. The first-order valence-electron chi connectivity index (χ1n) is 8.31. The number of nitrogens with one attached hydrogen (secondary N) is 2. The third-order valence-electron chi connectivity index (χ3n) is 3.64. The van der Waals surface area contributed by atoms with Crippen molar-refractivity contribution >= 4 is 23.6 Å².